The number of rotatable bonds is 3. The van der Waals surface area contributed by atoms with Gasteiger partial charge in [0, 0.05) is 16.5 Å². The first-order chi connectivity index (χ1) is 11.4. The molecule has 2 nitrogen and oxygen atoms in total. The third kappa shape index (κ3) is 6.20. The molecule has 126 valence electrons. The summed E-state index contributed by atoms with van der Waals surface area (Å²) in [5, 5.41) is 4.19. The van der Waals surface area contributed by atoms with Gasteiger partial charge in [0.05, 0.1) is 0 Å². The molecule has 0 heterocycles. The summed E-state index contributed by atoms with van der Waals surface area (Å²) in [6.07, 6.45) is 0. The molecule has 0 bridgehead atoms. The summed E-state index contributed by atoms with van der Waals surface area (Å²) < 4.78 is 0. The van der Waals surface area contributed by atoms with Crippen molar-refractivity contribution >= 4 is 37.4 Å². The van der Waals surface area contributed by atoms with E-state index in [1.807, 2.05) is 13.6 Å². The number of hydrogen-bond donors (Lipinski definition) is 0. The summed E-state index contributed by atoms with van der Waals surface area (Å²) in [5.41, 5.74) is 0. The summed E-state index contributed by atoms with van der Waals surface area (Å²) >= 11 is 0. The standard InChI is InChI=1S/C18H15P.2CH2O.Ni/c1-4-10-16(11-5-1)19(17-12-6-2-7-13-17)18-14-8-3-9-15-18;2*1-2;/h1-15H;2*1H2;. The van der Waals surface area contributed by atoms with Crippen molar-refractivity contribution in [3.05, 3.63) is 91.0 Å². The van der Waals surface area contributed by atoms with Crippen molar-refractivity contribution in [1.82, 2.24) is 0 Å². The maximum Gasteiger partial charge on any atom is 0.106 e. The van der Waals surface area contributed by atoms with Gasteiger partial charge in [0.2, 0.25) is 0 Å². The zero-order valence-corrected chi connectivity index (χ0v) is 15.0. The number of carbonyl (C=O) groups is 2. The van der Waals surface area contributed by atoms with E-state index in [1.54, 1.807) is 0 Å². The fraction of sp³-hybridized carbons (Fsp3) is 0. The molecule has 0 N–H and O–H groups in total. The fourth-order valence-corrected chi connectivity index (χ4v) is 4.48. The quantitative estimate of drug-likeness (QED) is 0.517. The topological polar surface area (TPSA) is 34.1 Å². The Morgan fingerprint density at radius 3 is 0.875 bits per heavy atom. The van der Waals surface area contributed by atoms with Gasteiger partial charge in [-0.3, -0.25) is 0 Å². The molecule has 0 atom stereocenters. The molecular weight excluding hydrogens is 362 g/mol. The summed E-state index contributed by atoms with van der Waals surface area (Å²) in [6, 6.07) is 32.3. The van der Waals surface area contributed by atoms with Crippen molar-refractivity contribution in [2.24, 2.45) is 0 Å². The molecule has 0 fully saturated rings. The third-order valence-electron chi connectivity index (χ3n) is 3.04. The van der Waals surface area contributed by atoms with Gasteiger partial charge in [-0.05, 0) is 23.8 Å². The molecule has 0 radical (unpaired) electrons. The smallest absolute Gasteiger partial charge is 0.106 e. The molecule has 0 aliphatic heterocycles. The Bertz CT molecular complexity index is 567. The number of benzene rings is 3. The summed E-state index contributed by atoms with van der Waals surface area (Å²) in [5.74, 6) is 0. The maximum absolute atomic E-state index is 8.00. The van der Waals surface area contributed by atoms with Crippen LogP contribution in [0.3, 0.4) is 0 Å². The van der Waals surface area contributed by atoms with Crippen LogP contribution in [0.15, 0.2) is 91.0 Å². The van der Waals surface area contributed by atoms with Gasteiger partial charge in [-0.25, -0.2) is 0 Å². The van der Waals surface area contributed by atoms with Crippen molar-refractivity contribution in [2.45, 2.75) is 0 Å². The van der Waals surface area contributed by atoms with Crippen LogP contribution in [0.1, 0.15) is 0 Å². The molecule has 4 heteroatoms. The Kier molecular flexibility index (Phi) is 12.2. The Morgan fingerprint density at radius 2 is 0.667 bits per heavy atom. The molecule has 3 aromatic carbocycles. The van der Waals surface area contributed by atoms with Crippen LogP contribution in [-0.2, 0) is 26.1 Å². The second kappa shape index (κ2) is 13.4. The van der Waals surface area contributed by atoms with Crippen LogP contribution in [0, 0.1) is 0 Å². The number of hydrogen-bond acceptors (Lipinski definition) is 2. The SMILES string of the molecule is C=O.C=O.[Ni].c1ccc(P(c2ccccc2)c2ccccc2)cc1. The predicted molar refractivity (Wildman–Crippen MR) is 99.4 cm³/mol. The number of carbonyl (C=O) groups excluding carboxylic acids is 2. The molecule has 24 heavy (non-hydrogen) atoms. The van der Waals surface area contributed by atoms with E-state index >= 15 is 0 Å². The van der Waals surface area contributed by atoms with Gasteiger partial charge >= 0.3 is 0 Å². The van der Waals surface area contributed by atoms with Crippen molar-refractivity contribution < 1.29 is 26.1 Å². The summed E-state index contributed by atoms with van der Waals surface area (Å²) in [7, 11) is -0.446. The van der Waals surface area contributed by atoms with Crippen LogP contribution < -0.4 is 15.9 Å². The molecule has 0 saturated heterocycles. The molecule has 0 aliphatic rings. The Hall–Kier alpha value is -2.08. The van der Waals surface area contributed by atoms with Gasteiger partial charge in [0.15, 0.2) is 0 Å². The summed E-state index contributed by atoms with van der Waals surface area (Å²) in [4.78, 5) is 16.0. The van der Waals surface area contributed by atoms with E-state index in [2.05, 4.69) is 91.0 Å². The van der Waals surface area contributed by atoms with Gasteiger partial charge in [0.25, 0.3) is 0 Å². The minimum Gasteiger partial charge on any atom is -0.307 e. The van der Waals surface area contributed by atoms with E-state index in [0.29, 0.717) is 0 Å². The average Bonchev–Trinajstić information content (AvgIpc) is 2.68. The van der Waals surface area contributed by atoms with Crippen molar-refractivity contribution in [3.8, 4) is 0 Å². The maximum atomic E-state index is 8.00. The van der Waals surface area contributed by atoms with Gasteiger partial charge in [-0.2, -0.15) is 0 Å². The largest absolute Gasteiger partial charge is 0.307 e. The van der Waals surface area contributed by atoms with Crippen LogP contribution in [0.4, 0.5) is 0 Å². The Balaban J connectivity index is 0.000000987. The van der Waals surface area contributed by atoms with Crippen LogP contribution >= 0.6 is 7.92 Å². The molecule has 0 aromatic heterocycles. The van der Waals surface area contributed by atoms with Crippen molar-refractivity contribution in [2.75, 3.05) is 0 Å². The Labute approximate surface area is 154 Å². The van der Waals surface area contributed by atoms with E-state index in [9.17, 15) is 0 Å². The van der Waals surface area contributed by atoms with Crippen LogP contribution in [-0.4, -0.2) is 13.6 Å². The van der Waals surface area contributed by atoms with E-state index in [0.717, 1.165) is 0 Å². The van der Waals surface area contributed by atoms with E-state index in [4.69, 9.17) is 9.59 Å². The Morgan fingerprint density at radius 1 is 0.458 bits per heavy atom. The van der Waals surface area contributed by atoms with Crippen LogP contribution in [0.5, 0.6) is 0 Å². The van der Waals surface area contributed by atoms with Crippen molar-refractivity contribution in [1.29, 1.82) is 0 Å². The molecule has 0 amide bonds. The van der Waals surface area contributed by atoms with Gasteiger partial charge in [-0.1, -0.05) is 91.0 Å². The minimum absolute atomic E-state index is 0. The third-order valence-corrected chi connectivity index (χ3v) is 5.49. The monoisotopic (exact) mass is 380 g/mol. The van der Waals surface area contributed by atoms with E-state index in [1.165, 1.54) is 15.9 Å². The summed E-state index contributed by atoms with van der Waals surface area (Å²) in [6.45, 7) is 4.00. The van der Waals surface area contributed by atoms with E-state index in [-0.39, 0.29) is 16.5 Å². The first-order valence-corrected chi connectivity index (χ1v) is 8.32. The molecule has 0 spiro atoms. The van der Waals surface area contributed by atoms with E-state index < -0.39 is 7.92 Å². The van der Waals surface area contributed by atoms with Gasteiger partial charge < -0.3 is 9.59 Å². The minimum atomic E-state index is -0.446. The van der Waals surface area contributed by atoms with Crippen LogP contribution in [0.25, 0.3) is 0 Å². The average molecular weight is 381 g/mol. The second-order valence-corrected chi connectivity index (χ2v) is 6.56. The second-order valence-electron chi connectivity index (χ2n) is 4.34. The fourth-order valence-electron chi connectivity index (χ4n) is 2.18. The normalized spacial score (nSPS) is 8.71. The molecule has 0 unspecified atom stereocenters. The molecular formula is C20H19NiO2P. The van der Waals surface area contributed by atoms with Crippen molar-refractivity contribution in [3.63, 3.8) is 0 Å². The zero-order valence-electron chi connectivity index (χ0n) is 13.2. The van der Waals surface area contributed by atoms with Gasteiger partial charge in [0.1, 0.15) is 13.6 Å². The molecule has 3 rings (SSSR count). The first kappa shape index (κ1) is 21.9. The zero-order chi connectivity index (χ0) is 16.9. The molecule has 3 aromatic rings. The van der Waals surface area contributed by atoms with Gasteiger partial charge in [-0.15, -0.1) is 0 Å². The molecule has 0 aliphatic carbocycles. The predicted octanol–water partition coefficient (Wildman–Crippen LogP) is 3.07. The first-order valence-electron chi connectivity index (χ1n) is 6.98. The van der Waals surface area contributed by atoms with Crippen LogP contribution in [0.2, 0.25) is 0 Å². The molecule has 0 saturated carbocycles.